The summed E-state index contributed by atoms with van der Waals surface area (Å²) in [7, 11) is -1.60. The normalized spacial score (nSPS) is 10.7. The molecule has 0 atom stereocenters. The zero-order valence-corrected chi connectivity index (χ0v) is 16.1. The van der Waals surface area contributed by atoms with E-state index >= 15 is 0 Å². The van der Waals surface area contributed by atoms with Gasteiger partial charge in [-0.2, -0.15) is 0 Å². The maximum absolute atomic E-state index is 8.49. The smallest absolute Gasteiger partial charge is 0.143 e. The second-order valence-electron chi connectivity index (χ2n) is 5.67. The Bertz CT molecular complexity index is 820. The van der Waals surface area contributed by atoms with Gasteiger partial charge in [-0.3, -0.25) is 0 Å². The van der Waals surface area contributed by atoms with Gasteiger partial charge in [-0.1, -0.05) is 30.3 Å². The number of benzene rings is 3. The van der Waals surface area contributed by atoms with E-state index in [0.29, 0.717) is 0 Å². The molecule has 0 bridgehead atoms. The van der Waals surface area contributed by atoms with Gasteiger partial charge in [-0.15, -0.1) is 10.2 Å². The van der Waals surface area contributed by atoms with Crippen molar-refractivity contribution >= 4 is 5.69 Å². The van der Waals surface area contributed by atoms with Gasteiger partial charge >= 0.3 is 0 Å². The lowest BCUT2D eigenvalue weighted by Crippen LogP contribution is -2.68. The predicted octanol–water partition coefficient (Wildman–Crippen LogP) is -0.845. The van der Waals surface area contributed by atoms with Crippen LogP contribution in [0.1, 0.15) is 0 Å². The van der Waals surface area contributed by atoms with Crippen LogP contribution in [0.25, 0.3) is 22.3 Å². The third-order valence-electron chi connectivity index (χ3n) is 3.98. The molecule has 3 N–H and O–H groups in total. The largest absolute Gasteiger partial charge is 0.497 e. The molecule has 0 aliphatic rings. The zero-order valence-electron chi connectivity index (χ0n) is 15.4. The summed E-state index contributed by atoms with van der Waals surface area (Å²) in [6, 6.07) is 22.3. The first-order valence-corrected chi connectivity index (χ1v) is 9.32. The van der Waals surface area contributed by atoms with Crippen LogP contribution in [-0.2, 0) is 0 Å². The van der Waals surface area contributed by atoms with Crippen LogP contribution in [0.3, 0.4) is 0 Å². The van der Waals surface area contributed by atoms with Crippen molar-refractivity contribution in [1.29, 1.82) is 0 Å². The molecule has 3 aromatic rings. The van der Waals surface area contributed by atoms with Gasteiger partial charge in [0.15, 0.2) is 0 Å². The molecule has 7 nitrogen and oxygen atoms in total. The molecule has 0 aliphatic heterocycles. The summed E-state index contributed by atoms with van der Waals surface area (Å²) in [4.78, 5) is 0. The molecule has 0 spiro atoms. The Labute approximate surface area is 164 Å². The fourth-order valence-electron chi connectivity index (χ4n) is 2.67. The maximum Gasteiger partial charge on any atom is 0.143 e. The van der Waals surface area contributed by atoms with Gasteiger partial charge in [-0.05, 0) is 47.5 Å². The van der Waals surface area contributed by atoms with Crippen molar-refractivity contribution < 1.29 is 44.1 Å². The van der Waals surface area contributed by atoms with E-state index in [2.05, 4.69) is 48.2 Å². The Morgan fingerprint density at radius 3 is 1.25 bits per heavy atom. The number of quaternary nitrogens is 1. The van der Waals surface area contributed by atoms with Crippen LogP contribution >= 0.6 is 0 Å². The number of rotatable bonds is 4. The molecule has 3 rings (SSSR count). The highest BCUT2D eigenvalue weighted by atomic mass is 35.7. The van der Waals surface area contributed by atoms with Crippen molar-refractivity contribution in [2.75, 3.05) is 14.2 Å². The van der Waals surface area contributed by atoms with E-state index in [9.17, 15) is 0 Å². The second kappa shape index (κ2) is 9.52. The molecule has 0 aliphatic carbocycles. The van der Waals surface area contributed by atoms with Crippen molar-refractivity contribution in [3.63, 3.8) is 0 Å². The Kier molecular flexibility index (Phi) is 7.36. The third-order valence-corrected chi connectivity index (χ3v) is 3.98. The van der Waals surface area contributed by atoms with Gasteiger partial charge in [0.2, 0.25) is 0 Å². The minimum absolute atomic E-state index is 0.852. The highest BCUT2D eigenvalue weighted by molar-refractivity contribution is 5.85. The van der Waals surface area contributed by atoms with Crippen LogP contribution in [0.2, 0.25) is 0 Å². The number of ether oxygens (including phenoxy) is 2. The molecule has 148 valence electrons. The van der Waals surface area contributed by atoms with E-state index in [0.717, 1.165) is 39.4 Å². The molecule has 28 heavy (non-hydrogen) atoms. The van der Waals surface area contributed by atoms with Crippen molar-refractivity contribution in [1.82, 2.24) is 0 Å². The average molecular weight is 406 g/mol. The van der Waals surface area contributed by atoms with Gasteiger partial charge in [0.25, 0.3) is 0 Å². The maximum atomic E-state index is 8.49. The molecule has 0 heterocycles. The lowest BCUT2D eigenvalue weighted by atomic mass is 9.96. The van der Waals surface area contributed by atoms with Crippen LogP contribution in [0.4, 0.5) is 5.69 Å². The minimum atomic E-state index is -4.94. The molecule has 0 saturated heterocycles. The predicted molar refractivity (Wildman–Crippen MR) is 93.0 cm³/mol. The van der Waals surface area contributed by atoms with Gasteiger partial charge in [0.1, 0.15) is 17.2 Å². The topological polar surface area (TPSA) is 138 Å². The monoisotopic (exact) mass is 405 g/mol. The summed E-state index contributed by atoms with van der Waals surface area (Å²) in [5.74, 6) is 1.70. The average Bonchev–Trinajstić information content (AvgIpc) is 2.67. The van der Waals surface area contributed by atoms with Crippen molar-refractivity contribution in [3.05, 3.63) is 66.7 Å². The van der Waals surface area contributed by atoms with Crippen LogP contribution in [0, 0.1) is 10.2 Å². The summed E-state index contributed by atoms with van der Waals surface area (Å²) in [5, 5.41) is 0. The first kappa shape index (κ1) is 21.6. The third kappa shape index (κ3) is 6.21. The molecule has 0 saturated carbocycles. The van der Waals surface area contributed by atoms with E-state index in [1.165, 1.54) is 0 Å². The highest BCUT2D eigenvalue weighted by Crippen LogP contribution is 2.34. The van der Waals surface area contributed by atoms with Crippen LogP contribution in [0.5, 0.6) is 11.5 Å². The summed E-state index contributed by atoms with van der Waals surface area (Å²) in [6.07, 6.45) is 0. The highest BCUT2D eigenvalue weighted by Gasteiger charge is 2.12. The molecular formula is C20H20ClNO6. The lowest BCUT2D eigenvalue weighted by Gasteiger charge is -2.17. The first-order chi connectivity index (χ1) is 13.2. The van der Waals surface area contributed by atoms with Crippen LogP contribution < -0.4 is 33.8 Å². The van der Waals surface area contributed by atoms with Gasteiger partial charge < -0.3 is 15.2 Å². The Balaban J connectivity index is 0.000000500. The Morgan fingerprint density at radius 1 is 0.643 bits per heavy atom. The fraction of sp³-hybridized carbons (Fsp3) is 0.100. The number of halogens is 1. The van der Waals surface area contributed by atoms with E-state index in [-0.39, 0.29) is 0 Å². The van der Waals surface area contributed by atoms with Crippen LogP contribution in [0.15, 0.2) is 66.7 Å². The van der Waals surface area contributed by atoms with Gasteiger partial charge in [-0.25, -0.2) is 18.6 Å². The van der Waals surface area contributed by atoms with Gasteiger partial charge in [0, 0.05) is 11.1 Å². The number of hydrogen-bond donors (Lipinski definition) is 1. The second-order valence-corrected chi connectivity index (χ2v) is 6.42. The van der Waals surface area contributed by atoms with Crippen LogP contribution in [-0.4, -0.2) is 14.2 Å². The molecule has 3 aromatic carbocycles. The molecule has 0 fully saturated rings. The first-order valence-electron chi connectivity index (χ1n) is 8.08. The zero-order chi connectivity index (χ0) is 20.7. The summed E-state index contributed by atoms with van der Waals surface area (Å²) < 4.78 is 44.4. The summed E-state index contributed by atoms with van der Waals surface area (Å²) in [6.45, 7) is 0. The van der Waals surface area contributed by atoms with E-state index < -0.39 is 10.2 Å². The van der Waals surface area contributed by atoms with Crippen molar-refractivity contribution in [3.8, 4) is 33.8 Å². The minimum Gasteiger partial charge on any atom is -0.497 e. The Hall–Kier alpha value is -2.65. The van der Waals surface area contributed by atoms with Gasteiger partial charge in [0.05, 0.1) is 14.2 Å². The van der Waals surface area contributed by atoms with E-state index in [1.807, 2.05) is 24.3 Å². The van der Waals surface area contributed by atoms with E-state index in [4.69, 9.17) is 28.1 Å². The lowest BCUT2D eigenvalue weighted by molar-refractivity contribution is -2.00. The SMILES string of the molecule is COc1ccc(-c2cccc(-c3ccc(OC)cc3)c2[NH3+])cc1.[O-][Cl+3]([O-])([O-])[O-]. The molecule has 0 unspecified atom stereocenters. The van der Waals surface area contributed by atoms with Crippen molar-refractivity contribution in [2.24, 2.45) is 0 Å². The summed E-state index contributed by atoms with van der Waals surface area (Å²) >= 11 is 0. The summed E-state index contributed by atoms with van der Waals surface area (Å²) in [5.41, 5.74) is 9.83. The number of hydrogen-bond acceptors (Lipinski definition) is 6. The number of methoxy groups -OCH3 is 2. The fourth-order valence-corrected chi connectivity index (χ4v) is 2.67. The quantitative estimate of drug-likeness (QED) is 0.600. The molecule has 0 radical (unpaired) electrons. The molecular weight excluding hydrogens is 386 g/mol. The molecule has 8 heteroatoms. The molecule has 0 amide bonds. The van der Waals surface area contributed by atoms with Crippen molar-refractivity contribution in [2.45, 2.75) is 0 Å². The standard InChI is InChI=1S/C20H19NO2.ClHO4/c1-22-16-10-6-14(7-11-16)18-4-3-5-19(20(18)21)15-8-12-17(23-2)13-9-15;2-1(3,4)5/h3-13H,21H2,1-2H3;(H,2,3,4,5). The Morgan fingerprint density at radius 2 is 0.964 bits per heavy atom. The molecule has 0 aromatic heterocycles. The van der Waals surface area contributed by atoms with E-state index in [1.54, 1.807) is 14.2 Å².